The van der Waals surface area contributed by atoms with Crippen LogP contribution in [0.5, 0.6) is 0 Å². The van der Waals surface area contributed by atoms with E-state index >= 15 is 0 Å². The number of rotatable bonds is 1. The van der Waals surface area contributed by atoms with Gasteiger partial charge in [0.25, 0.3) is 0 Å². The highest BCUT2D eigenvalue weighted by Crippen LogP contribution is 2.19. The van der Waals surface area contributed by atoms with Gasteiger partial charge in [0.05, 0.1) is 11.2 Å². The zero-order valence-corrected chi connectivity index (χ0v) is 6.95. The van der Waals surface area contributed by atoms with Crippen molar-refractivity contribution in [2.45, 2.75) is 32.2 Å². The van der Waals surface area contributed by atoms with Crippen LogP contribution in [0.15, 0.2) is 16.6 Å². The molecule has 0 saturated heterocycles. The second kappa shape index (κ2) is 3.65. The topological polar surface area (TPSA) is 12.4 Å². The Morgan fingerprint density at radius 1 is 1.80 bits per heavy atom. The molecule has 1 atom stereocenters. The highest BCUT2D eigenvalue weighted by atomic mass is 32.1. The minimum Gasteiger partial charge on any atom is -0.229 e. The van der Waals surface area contributed by atoms with Gasteiger partial charge in [-0.15, -0.1) is 0 Å². The van der Waals surface area contributed by atoms with Crippen molar-refractivity contribution in [3.8, 4) is 0 Å². The zero-order valence-electron chi connectivity index (χ0n) is 6.13. The predicted molar refractivity (Wildman–Crippen MR) is 46.4 cm³/mol. The molecule has 1 rings (SSSR count). The fraction of sp³-hybridized carbons (Fsp3) is 0.625. The summed E-state index contributed by atoms with van der Waals surface area (Å²) in [5.41, 5.74) is 1.44. The first kappa shape index (κ1) is 7.64. The Morgan fingerprint density at radius 2 is 2.60 bits per heavy atom. The highest BCUT2D eigenvalue weighted by molar-refractivity contribution is 7.78. The largest absolute Gasteiger partial charge is 0.229 e. The Morgan fingerprint density at radius 3 is 3.20 bits per heavy atom. The van der Waals surface area contributed by atoms with Crippen LogP contribution in [0.25, 0.3) is 0 Å². The molecule has 0 heterocycles. The van der Waals surface area contributed by atoms with Gasteiger partial charge in [-0.05, 0) is 38.4 Å². The summed E-state index contributed by atoms with van der Waals surface area (Å²) in [6.45, 7) is 2.14. The molecule has 1 unspecified atom stereocenters. The lowest BCUT2D eigenvalue weighted by molar-refractivity contribution is 0.592. The van der Waals surface area contributed by atoms with Gasteiger partial charge in [-0.1, -0.05) is 11.6 Å². The van der Waals surface area contributed by atoms with Crippen molar-refractivity contribution in [2.24, 2.45) is 4.99 Å². The third-order valence-electron chi connectivity index (χ3n) is 1.79. The van der Waals surface area contributed by atoms with E-state index < -0.39 is 0 Å². The second-order valence-corrected chi connectivity index (χ2v) is 2.89. The third kappa shape index (κ3) is 2.05. The normalized spacial score (nSPS) is 24.9. The smallest absolute Gasteiger partial charge is 0.0642 e. The summed E-state index contributed by atoms with van der Waals surface area (Å²) >= 11 is 4.54. The Hall–Kier alpha value is -0.460. The van der Waals surface area contributed by atoms with E-state index in [0.29, 0.717) is 6.04 Å². The van der Waals surface area contributed by atoms with Crippen LogP contribution in [0.2, 0.25) is 0 Å². The van der Waals surface area contributed by atoms with Gasteiger partial charge in [0.2, 0.25) is 0 Å². The maximum absolute atomic E-state index is 4.54. The number of hydrogen-bond donors (Lipinski definition) is 0. The minimum atomic E-state index is 0.419. The molecule has 2 heteroatoms. The number of hydrogen-bond acceptors (Lipinski definition) is 2. The van der Waals surface area contributed by atoms with E-state index in [0.717, 1.165) is 19.3 Å². The molecule has 1 aliphatic rings. The minimum absolute atomic E-state index is 0.419. The fourth-order valence-corrected chi connectivity index (χ4v) is 1.41. The predicted octanol–water partition coefficient (Wildman–Crippen LogP) is 2.59. The van der Waals surface area contributed by atoms with Gasteiger partial charge in [-0.25, -0.2) is 4.99 Å². The maximum atomic E-state index is 4.54. The molecule has 0 aromatic heterocycles. The second-order valence-electron chi connectivity index (χ2n) is 2.71. The fourth-order valence-electron chi connectivity index (χ4n) is 1.26. The Balaban J connectivity index is 2.53. The Bertz CT molecular complexity index is 189. The summed E-state index contributed by atoms with van der Waals surface area (Å²) < 4.78 is 0. The lowest BCUT2D eigenvalue weighted by Gasteiger charge is -2.14. The molecular weight excluding hydrogens is 142 g/mol. The Labute approximate surface area is 66.9 Å². The molecule has 0 aromatic rings. The molecule has 0 amide bonds. The van der Waals surface area contributed by atoms with Gasteiger partial charge in [0, 0.05) is 0 Å². The highest BCUT2D eigenvalue weighted by Gasteiger charge is 2.10. The van der Waals surface area contributed by atoms with Crippen LogP contribution < -0.4 is 0 Å². The molecule has 1 nitrogen and oxygen atoms in total. The molecule has 54 valence electrons. The van der Waals surface area contributed by atoms with E-state index in [1.807, 2.05) is 0 Å². The van der Waals surface area contributed by atoms with Crippen molar-refractivity contribution < 1.29 is 0 Å². The average molecular weight is 153 g/mol. The van der Waals surface area contributed by atoms with Crippen LogP contribution in [0, 0.1) is 0 Å². The van der Waals surface area contributed by atoms with Crippen molar-refractivity contribution in [3.63, 3.8) is 0 Å². The lowest BCUT2D eigenvalue weighted by Crippen LogP contribution is -2.07. The first-order valence-corrected chi connectivity index (χ1v) is 3.96. The Kier molecular flexibility index (Phi) is 2.79. The molecule has 0 N–H and O–H groups in total. The van der Waals surface area contributed by atoms with E-state index in [2.05, 4.69) is 35.4 Å². The van der Waals surface area contributed by atoms with Crippen LogP contribution in [0.4, 0.5) is 0 Å². The quantitative estimate of drug-likeness (QED) is 0.320. The summed E-state index contributed by atoms with van der Waals surface area (Å²) in [6, 6.07) is 0.419. The molecule has 0 aliphatic heterocycles. The van der Waals surface area contributed by atoms with Gasteiger partial charge in [0.15, 0.2) is 0 Å². The molecule has 0 saturated carbocycles. The number of isothiocyanates is 1. The summed E-state index contributed by atoms with van der Waals surface area (Å²) in [5.74, 6) is 0. The lowest BCUT2D eigenvalue weighted by atomic mass is 9.96. The number of nitrogens with zero attached hydrogens (tertiary/aromatic N) is 1. The summed E-state index contributed by atoms with van der Waals surface area (Å²) in [4.78, 5) is 4.06. The van der Waals surface area contributed by atoms with Gasteiger partial charge in [-0.2, -0.15) is 0 Å². The molecule has 0 bridgehead atoms. The maximum Gasteiger partial charge on any atom is 0.0642 e. The standard InChI is InChI=1S/C8H11NS/c1-7-3-2-4-8(5-7)9-6-10/h3,8H,2,4-5H2,1H3. The summed E-state index contributed by atoms with van der Waals surface area (Å²) in [7, 11) is 0. The van der Waals surface area contributed by atoms with E-state index in [-0.39, 0.29) is 0 Å². The monoisotopic (exact) mass is 153 g/mol. The number of aliphatic imine (C=N–C) groups is 1. The molecule has 10 heavy (non-hydrogen) atoms. The van der Waals surface area contributed by atoms with Crippen molar-refractivity contribution in [2.75, 3.05) is 0 Å². The van der Waals surface area contributed by atoms with Gasteiger partial charge in [-0.3, -0.25) is 0 Å². The van der Waals surface area contributed by atoms with Gasteiger partial charge >= 0.3 is 0 Å². The summed E-state index contributed by atoms with van der Waals surface area (Å²) in [5, 5.41) is 2.44. The van der Waals surface area contributed by atoms with E-state index in [4.69, 9.17) is 0 Å². The van der Waals surface area contributed by atoms with Crippen molar-refractivity contribution >= 4 is 17.4 Å². The van der Waals surface area contributed by atoms with Crippen molar-refractivity contribution in [1.29, 1.82) is 0 Å². The van der Waals surface area contributed by atoms with Crippen molar-refractivity contribution in [3.05, 3.63) is 11.6 Å². The van der Waals surface area contributed by atoms with Crippen LogP contribution in [0.3, 0.4) is 0 Å². The van der Waals surface area contributed by atoms with Gasteiger partial charge < -0.3 is 0 Å². The first-order valence-electron chi connectivity index (χ1n) is 3.55. The number of thiocarbonyl (C=S) groups is 1. The SMILES string of the molecule is CC1=CCCC(N=C=S)C1. The molecule has 0 fully saturated rings. The zero-order chi connectivity index (χ0) is 7.40. The van der Waals surface area contributed by atoms with Gasteiger partial charge in [0.1, 0.15) is 0 Å². The van der Waals surface area contributed by atoms with Crippen LogP contribution in [-0.4, -0.2) is 11.2 Å². The average Bonchev–Trinajstić information content (AvgIpc) is 1.88. The van der Waals surface area contributed by atoms with Crippen LogP contribution in [-0.2, 0) is 0 Å². The third-order valence-corrected chi connectivity index (χ3v) is 1.89. The molecule has 0 radical (unpaired) electrons. The van der Waals surface area contributed by atoms with Crippen LogP contribution >= 0.6 is 12.2 Å². The van der Waals surface area contributed by atoms with E-state index in [1.54, 1.807) is 0 Å². The molecule has 0 aromatic carbocycles. The molecule has 0 spiro atoms. The molecule has 1 aliphatic carbocycles. The first-order chi connectivity index (χ1) is 4.83. The molecular formula is C8H11NS. The van der Waals surface area contributed by atoms with E-state index in [9.17, 15) is 0 Å². The van der Waals surface area contributed by atoms with Crippen molar-refractivity contribution in [1.82, 2.24) is 0 Å². The summed E-state index contributed by atoms with van der Waals surface area (Å²) in [6.07, 6.45) is 5.64. The number of allylic oxidation sites excluding steroid dienone is 1. The van der Waals surface area contributed by atoms with Crippen LogP contribution in [0.1, 0.15) is 26.2 Å². The van der Waals surface area contributed by atoms with E-state index in [1.165, 1.54) is 5.57 Å².